The molecule has 2 heteroatoms. The third-order valence-corrected chi connectivity index (χ3v) is 6.87. The number of rotatable bonds is 15. The zero-order chi connectivity index (χ0) is 20.1. The number of piperidine rings is 1. The maximum atomic E-state index is 6.32. The van der Waals surface area contributed by atoms with E-state index < -0.39 is 0 Å². The molecule has 0 N–H and O–H groups in total. The standard InChI is InChI=1S/C25H51NO/c1-7-10-12-13-15-24(9-3)20-26-22(5)18-25(19-23(26)6)27-17-16-21(4)14-11-8-2/h21-25H,7-20H2,1-6H3/t21?,22-,23+,24?,25?. The van der Waals surface area contributed by atoms with Gasteiger partial charge in [0, 0.05) is 25.2 Å². The summed E-state index contributed by atoms with van der Waals surface area (Å²) in [6, 6.07) is 1.34. The number of hydrogen-bond donors (Lipinski definition) is 0. The van der Waals surface area contributed by atoms with Crippen LogP contribution in [0.2, 0.25) is 0 Å². The van der Waals surface area contributed by atoms with Gasteiger partial charge in [-0.05, 0) is 51.4 Å². The van der Waals surface area contributed by atoms with Crippen LogP contribution in [-0.2, 0) is 4.74 Å². The Bertz CT molecular complexity index is 333. The summed E-state index contributed by atoms with van der Waals surface area (Å²) in [6.07, 6.45) is 16.5. The highest BCUT2D eigenvalue weighted by atomic mass is 16.5. The molecule has 0 amide bonds. The minimum Gasteiger partial charge on any atom is -0.378 e. The summed E-state index contributed by atoms with van der Waals surface area (Å²) in [4.78, 5) is 2.79. The normalized spacial score (nSPS) is 26.2. The first-order valence-electron chi connectivity index (χ1n) is 12.4. The van der Waals surface area contributed by atoms with Gasteiger partial charge in [-0.15, -0.1) is 0 Å². The highest BCUT2D eigenvalue weighted by molar-refractivity contribution is 4.86. The van der Waals surface area contributed by atoms with E-state index in [1.165, 1.54) is 83.6 Å². The predicted molar refractivity (Wildman–Crippen MR) is 120 cm³/mol. The van der Waals surface area contributed by atoms with Crippen molar-refractivity contribution in [2.75, 3.05) is 13.2 Å². The van der Waals surface area contributed by atoms with Gasteiger partial charge in [0.1, 0.15) is 0 Å². The van der Waals surface area contributed by atoms with Crippen molar-refractivity contribution in [3.63, 3.8) is 0 Å². The third kappa shape index (κ3) is 10.3. The van der Waals surface area contributed by atoms with E-state index in [1.54, 1.807) is 0 Å². The highest BCUT2D eigenvalue weighted by Crippen LogP contribution is 2.28. The summed E-state index contributed by atoms with van der Waals surface area (Å²) in [5.41, 5.74) is 0. The van der Waals surface area contributed by atoms with Gasteiger partial charge in [0.2, 0.25) is 0 Å². The van der Waals surface area contributed by atoms with Gasteiger partial charge in [0.15, 0.2) is 0 Å². The lowest BCUT2D eigenvalue weighted by Gasteiger charge is -2.44. The molecule has 1 aliphatic rings. The van der Waals surface area contributed by atoms with Crippen LogP contribution in [-0.4, -0.2) is 36.2 Å². The van der Waals surface area contributed by atoms with Crippen molar-refractivity contribution in [1.29, 1.82) is 0 Å². The smallest absolute Gasteiger partial charge is 0.0604 e. The van der Waals surface area contributed by atoms with Crippen LogP contribution in [0, 0.1) is 11.8 Å². The Hall–Kier alpha value is -0.0800. The molecular weight excluding hydrogens is 330 g/mol. The first-order chi connectivity index (χ1) is 13.0. The van der Waals surface area contributed by atoms with Gasteiger partial charge < -0.3 is 4.74 Å². The van der Waals surface area contributed by atoms with E-state index in [1.807, 2.05) is 0 Å². The summed E-state index contributed by atoms with van der Waals surface area (Å²) in [7, 11) is 0. The number of nitrogens with zero attached hydrogens (tertiary/aromatic N) is 1. The maximum absolute atomic E-state index is 6.32. The van der Waals surface area contributed by atoms with Crippen molar-refractivity contribution in [2.24, 2.45) is 11.8 Å². The summed E-state index contributed by atoms with van der Waals surface area (Å²) in [6.45, 7) is 16.5. The molecule has 0 spiro atoms. The molecule has 1 rings (SSSR count). The fraction of sp³-hybridized carbons (Fsp3) is 1.00. The van der Waals surface area contributed by atoms with Gasteiger partial charge in [0.25, 0.3) is 0 Å². The molecule has 3 unspecified atom stereocenters. The van der Waals surface area contributed by atoms with E-state index in [0.29, 0.717) is 18.2 Å². The zero-order valence-corrected chi connectivity index (χ0v) is 19.6. The van der Waals surface area contributed by atoms with E-state index in [-0.39, 0.29) is 0 Å². The largest absolute Gasteiger partial charge is 0.378 e. The lowest BCUT2D eigenvalue weighted by Crippen LogP contribution is -2.50. The minimum absolute atomic E-state index is 0.481. The minimum atomic E-state index is 0.481. The molecule has 1 saturated heterocycles. The van der Waals surface area contributed by atoms with Crippen molar-refractivity contribution in [1.82, 2.24) is 4.90 Å². The van der Waals surface area contributed by atoms with Crippen LogP contribution in [0.5, 0.6) is 0 Å². The van der Waals surface area contributed by atoms with E-state index >= 15 is 0 Å². The van der Waals surface area contributed by atoms with Gasteiger partial charge in [-0.1, -0.05) is 79.1 Å². The van der Waals surface area contributed by atoms with Crippen LogP contribution in [0.4, 0.5) is 0 Å². The Kier molecular flexibility index (Phi) is 13.7. The Balaban J connectivity index is 2.32. The molecule has 27 heavy (non-hydrogen) atoms. The number of unbranched alkanes of at least 4 members (excludes halogenated alkanes) is 4. The fourth-order valence-electron chi connectivity index (χ4n) is 4.77. The molecular formula is C25H51NO. The second-order valence-corrected chi connectivity index (χ2v) is 9.52. The SMILES string of the molecule is CCCCCCC(CC)CN1[C@H](C)CC(OCCC(C)CCCC)C[C@@H]1C. The van der Waals surface area contributed by atoms with Crippen LogP contribution < -0.4 is 0 Å². The van der Waals surface area contributed by atoms with Gasteiger partial charge in [0.05, 0.1) is 6.10 Å². The van der Waals surface area contributed by atoms with Crippen molar-refractivity contribution in [3.05, 3.63) is 0 Å². The molecule has 0 saturated carbocycles. The molecule has 1 aliphatic heterocycles. The third-order valence-electron chi connectivity index (χ3n) is 6.87. The van der Waals surface area contributed by atoms with E-state index in [2.05, 4.69) is 46.4 Å². The Morgan fingerprint density at radius 2 is 1.52 bits per heavy atom. The van der Waals surface area contributed by atoms with Gasteiger partial charge in [-0.2, -0.15) is 0 Å². The predicted octanol–water partition coefficient (Wildman–Crippen LogP) is 7.46. The number of ether oxygens (including phenoxy) is 1. The molecule has 1 heterocycles. The van der Waals surface area contributed by atoms with Crippen LogP contribution in [0.25, 0.3) is 0 Å². The molecule has 5 atom stereocenters. The van der Waals surface area contributed by atoms with E-state index in [9.17, 15) is 0 Å². The summed E-state index contributed by atoms with van der Waals surface area (Å²) < 4.78 is 6.32. The van der Waals surface area contributed by atoms with Crippen LogP contribution >= 0.6 is 0 Å². The molecule has 2 nitrogen and oxygen atoms in total. The topological polar surface area (TPSA) is 12.5 Å². The van der Waals surface area contributed by atoms with Crippen molar-refractivity contribution >= 4 is 0 Å². The number of hydrogen-bond acceptors (Lipinski definition) is 2. The fourth-order valence-corrected chi connectivity index (χ4v) is 4.77. The lowest BCUT2D eigenvalue weighted by molar-refractivity contribution is -0.0418. The first kappa shape index (κ1) is 25.0. The highest BCUT2D eigenvalue weighted by Gasteiger charge is 2.32. The van der Waals surface area contributed by atoms with Crippen molar-refractivity contribution < 1.29 is 4.74 Å². The van der Waals surface area contributed by atoms with Crippen molar-refractivity contribution in [3.8, 4) is 0 Å². The second-order valence-electron chi connectivity index (χ2n) is 9.52. The lowest BCUT2D eigenvalue weighted by atomic mass is 9.91. The summed E-state index contributed by atoms with van der Waals surface area (Å²) in [5, 5.41) is 0. The monoisotopic (exact) mass is 381 g/mol. The van der Waals surface area contributed by atoms with Crippen LogP contribution in [0.15, 0.2) is 0 Å². The van der Waals surface area contributed by atoms with Crippen LogP contribution in [0.1, 0.15) is 119 Å². The number of likely N-dealkylation sites (tertiary alicyclic amines) is 1. The molecule has 0 aromatic rings. The molecule has 0 aromatic carbocycles. The second kappa shape index (κ2) is 14.9. The molecule has 0 aliphatic carbocycles. The summed E-state index contributed by atoms with van der Waals surface area (Å²) >= 11 is 0. The molecule has 1 fully saturated rings. The molecule has 0 bridgehead atoms. The molecule has 0 aromatic heterocycles. The Morgan fingerprint density at radius 3 is 2.11 bits per heavy atom. The Morgan fingerprint density at radius 1 is 0.852 bits per heavy atom. The average molecular weight is 382 g/mol. The molecule has 162 valence electrons. The van der Waals surface area contributed by atoms with Gasteiger partial charge in [-0.25, -0.2) is 0 Å². The maximum Gasteiger partial charge on any atom is 0.0604 e. The van der Waals surface area contributed by atoms with Crippen molar-refractivity contribution in [2.45, 2.75) is 137 Å². The zero-order valence-electron chi connectivity index (χ0n) is 19.6. The first-order valence-corrected chi connectivity index (χ1v) is 12.4. The summed E-state index contributed by atoms with van der Waals surface area (Å²) in [5.74, 6) is 1.70. The Labute approximate surface area is 171 Å². The average Bonchev–Trinajstić information content (AvgIpc) is 2.64. The van der Waals surface area contributed by atoms with Crippen LogP contribution in [0.3, 0.4) is 0 Å². The quantitative estimate of drug-likeness (QED) is 0.273. The van der Waals surface area contributed by atoms with E-state index in [4.69, 9.17) is 4.74 Å². The van der Waals surface area contributed by atoms with Gasteiger partial charge in [-0.3, -0.25) is 4.90 Å². The van der Waals surface area contributed by atoms with E-state index in [0.717, 1.165) is 18.4 Å². The van der Waals surface area contributed by atoms with Gasteiger partial charge >= 0.3 is 0 Å². The molecule has 0 radical (unpaired) electrons.